The average Bonchev–Trinajstić information content (AvgIpc) is 3.14. The average molecular weight is 558 g/mol. The summed E-state index contributed by atoms with van der Waals surface area (Å²) in [4.78, 5) is 33.5. The van der Waals surface area contributed by atoms with Crippen LogP contribution in [0.15, 0.2) is 36.4 Å². The highest BCUT2D eigenvalue weighted by Crippen LogP contribution is 2.37. The van der Waals surface area contributed by atoms with Crippen LogP contribution in [0.5, 0.6) is 0 Å². The second kappa shape index (κ2) is 11.5. The van der Waals surface area contributed by atoms with Crippen molar-refractivity contribution in [1.82, 2.24) is 20.0 Å². The molecule has 3 atom stereocenters. The van der Waals surface area contributed by atoms with Crippen LogP contribution in [-0.4, -0.2) is 78.4 Å². The fourth-order valence-corrected chi connectivity index (χ4v) is 7.08. The number of carbonyl (C=O) groups is 2. The molecule has 2 bridgehead atoms. The molecular formula is C30H38Cl2N4O2. The summed E-state index contributed by atoms with van der Waals surface area (Å²) < 4.78 is 0. The van der Waals surface area contributed by atoms with Crippen LogP contribution in [0.2, 0.25) is 10.0 Å². The number of amides is 2. The fourth-order valence-electron chi connectivity index (χ4n) is 6.77. The van der Waals surface area contributed by atoms with Crippen molar-refractivity contribution >= 4 is 35.0 Å². The van der Waals surface area contributed by atoms with Crippen LogP contribution in [0, 0.1) is 25.7 Å². The van der Waals surface area contributed by atoms with E-state index in [0.29, 0.717) is 59.7 Å². The van der Waals surface area contributed by atoms with Crippen molar-refractivity contribution in [2.24, 2.45) is 11.8 Å². The zero-order chi connectivity index (χ0) is 27.0. The number of piperidine rings is 1. The van der Waals surface area contributed by atoms with Gasteiger partial charge in [-0.3, -0.25) is 9.59 Å². The molecule has 2 heterocycles. The standard InChI is InChI=1S/C30H38Cl2N4O2/c1-4-34-16-22-5-6-23(17-34)29(22)33-15-28(37)36-10-9-35(30(38)24-12-19(2)11-20(3)13-24)18-27(36)21-7-8-25(31)26(32)14-21/h7-8,11-14,22-23,27,29,33H,4-6,9-10,15-18H2,1-3H3. The molecule has 0 spiro atoms. The first kappa shape index (κ1) is 27.4. The minimum Gasteiger partial charge on any atom is -0.334 e. The number of piperazine rings is 1. The molecule has 2 aromatic carbocycles. The number of nitrogens with one attached hydrogen (secondary N) is 1. The molecule has 2 aliphatic heterocycles. The summed E-state index contributed by atoms with van der Waals surface area (Å²) in [5.41, 5.74) is 3.70. The Hall–Kier alpha value is -2.12. The van der Waals surface area contributed by atoms with E-state index in [-0.39, 0.29) is 17.9 Å². The summed E-state index contributed by atoms with van der Waals surface area (Å²) >= 11 is 12.6. The number of fused-ring (bicyclic) bond motifs is 2. The highest BCUT2D eigenvalue weighted by molar-refractivity contribution is 6.42. The molecule has 1 N–H and O–H groups in total. The molecule has 3 aliphatic rings. The van der Waals surface area contributed by atoms with Crippen molar-refractivity contribution in [3.05, 3.63) is 68.7 Å². The Labute approximate surface area is 236 Å². The number of aryl methyl sites for hydroxylation is 2. The smallest absolute Gasteiger partial charge is 0.254 e. The van der Waals surface area contributed by atoms with Crippen molar-refractivity contribution in [2.75, 3.05) is 45.8 Å². The van der Waals surface area contributed by atoms with E-state index in [0.717, 1.165) is 36.3 Å². The van der Waals surface area contributed by atoms with Crippen molar-refractivity contribution in [3.63, 3.8) is 0 Å². The molecule has 0 radical (unpaired) electrons. The van der Waals surface area contributed by atoms with Gasteiger partial charge in [-0.25, -0.2) is 0 Å². The molecule has 1 aliphatic carbocycles. The largest absolute Gasteiger partial charge is 0.334 e. The Balaban J connectivity index is 1.32. The van der Waals surface area contributed by atoms with Crippen LogP contribution in [0.4, 0.5) is 0 Å². The minimum absolute atomic E-state index is 0.00802. The molecule has 38 heavy (non-hydrogen) atoms. The zero-order valence-electron chi connectivity index (χ0n) is 22.6. The second-order valence-corrected chi connectivity index (χ2v) is 12.1. The van der Waals surface area contributed by atoms with Gasteiger partial charge in [0.25, 0.3) is 5.91 Å². The summed E-state index contributed by atoms with van der Waals surface area (Å²) in [6.07, 6.45) is 2.47. The predicted molar refractivity (Wildman–Crippen MR) is 153 cm³/mol. The van der Waals surface area contributed by atoms with Crippen LogP contribution < -0.4 is 5.32 Å². The van der Waals surface area contributed by atoms with Gasteiger partial charge in [-0.05, 0) is 74.9 Å². The number of hydrogen-bond acceptors (Lipinski definition) is 4. The van der Waals surface area contributed by atoms with Gasteiger partial charge >= 0.3 is 0 Å². The molecule has 6 nitrogen and oxygen atoms in total. The quantitative estimate of drug-likeness (QED) is 0.546. The topological polar surface area (TPSA) is 55.9 Å². The number of benzene rings is 2. The van der Waals surface area contributed by atoms with E-state index in [1.807, 2.05) is 47.9 Å². The zero-order valence-corrected chi connectivity index (χ0v) is 24.1. The van der Waals surface area contributed by atoms with Gasteiger partial charge in [-0.15, -0.1) is 0 Å². The molecule has 2 amide bonds. The molecule has 3 fully saturated rings. The summed E-state index contributed by atoms with van der Waals surface area (Å²) in [6.45, 7) is 11.3. The molecule has 5 rings (SSSR count). The van der Waals surface area contributed by atoms with Gasteiger partial charge in [0, 0.05) is 44.3 Å². The van der Waals surface area contributed by atoms with Gasteiger partial charge in [-0.1, -0.05) is 53.4 Å². The summed E-state index contributed by atoms with van der Waals surface area (Å²) in [5, 5.41) is 4.57. The number of carbonyl (C=O) groups excluding carboxylic acids is 2. The van der Waals surface area contributed by atoms with Gasteiger partial charge in [0.15, 0.2) is 0 Å². The lowest BCUT2D eigenvalue weighted by molar-refractivity contribution is -0.135. The number of halogens is 2. The van der Waals surface area contributed by atoms with Crippen LogP contribution in [-0.2, 0) is 4.79 Å². The Kier molecular flexibility index (Phi) is 8.34. The Morgan fingerprint density at radius 1 is 0.921 bits per heavy atom. The van der Waals surface area contributed by atoms with E-state index >= 15 is 0 Å². The normalized spacial score (nSPS) is 25.6. The van der Waals surface area contributed by atoms with E-state index < -0.39 is 0 Å². The lowest BCUT2D eigenvalue weighted by Crippen LogP contribution is -2.56. The minimum atomic E-state index is -0.290. The summed E-state index contributed by atoms with van der Waals surface area (Å²) in [5.74, 6) is 1.28. The van der Waals surface area contributed by atoms with Crippen LogP contribution in [0.1, 0.15) is 52.9 Å². The fraction of sp³-hybridized carbons (Fsp3) is 0.533. The highest BCUT2D eigenvalue weighted by atomic mass is 35.5. The van der Waals surface area contributed by atoms with Gasteiger partial charge in [0.05, 0.1) is 22.6 Å². The third-order valence-corrected chi connectivity index (χ3v) is 9.37. The van der Waals surface area contributed by atoms with E-state index in [2.05, 4.69) is 23.2 Å². The third kappa shape index (κ3) is 5.74. The molecule has 204 valence electrons. The van der Waals surface area contributed by atoms with Crippen molar-refractivity contribution in [1.29, 1.82) is 0 Å². The molecule has 3 unspecified atom stereocenters. The van der Waals surface area contributed by atoms with E-state index in [1.54, 1.807) is 6.07 Å². The second-order valence-electron chi connectivity index (χ2n) is 11.3. The summed E-state index contributed by atoms with van der Waals surface area (Å²) in [7, 11) is 0. The SMILES string of the molecule is CCN1CC2CCC(C1)C2NCC(=O)N1CCN(C(=O)c2cc(C)cc(C)c2)CC1c1ccc(Cl)c(Cl)c1. The monoisotopic (exact) mass is 556 g/mol. The van der Waals surface area contributed by atoms with Crippen molar-refractivity contribution < 1.29 is 9.59 Å². The Bertz CT molecular complexity index is 1170. The van der Waals surface area contributed by atoms with E-state index in [4.69, 9.17) is 23.2 Å². The lowest BCUT2D eigenvalue weighted by atomic mass is 9.92. The van der Waals surface area contributed by atoms with Gasteiger partial charge in [0.2, 0.25) is 5.91 Å². The predicted octanol–water partition coefficient (Wildman–Crippen LogP) is 4.96. The maximum absolute atomic E-state index is 13.7. The molecule has 0 aromatic heterocycles. The van der Waals surface area contributed by atoms with E-state index in [9.17, 15) is 9.59 Å². The molecule has 2 saturated heterocycles. The van der Waals surface area contributed by atoms with Crippen molar-refractivity contribution in [2.45, 2.75) is 45.7 Å². The first-order valence-corrected chi connectivity index (χ1v) is 14.6. The maximum Gasteiger partial charge on any atom is 0.254 e. The first-order chi connectivity index (χ1) is 18.2. The van der Waals surface area contributed by atoms with Crippen LogP contribution in [0.3, 0.4) is 0 Å². The van der Waals surface area contributed by atoms with Gasteiger partial charge < -0.3 is 20.0 Å². The van der Waals surface area contributed by atoms with Crippen molar-refractivity contribution in [3.8, 4) is 0 Å². The number of rotatable bonds is 6. The van der Waals surface area contributed by atoms with Crippen LogP contribution in [0.25, 0.3) is 0 Å². The Morgan fingerprint density at radius 2 is 1.61 bits per heavy atom. The number of likely N-dealkylation sites (tertiary alicyclic amines) is 1. The molecule has 2 aromatic rings. The van der Waals surface area contributed by atoms with Gasteiger partial charge in [-0.2, -0.15) is 0 Å². The van der Waals surface area contributed by atoms with Crippen LogP contribution >= 0.6 is 23.2 Å². The number of nitrogens with zero attached hydrogens (tertiary/aromatic N) is 3. The lowest BCUT2D eigenvalue weighted by Gasteiger charge is -2.43. The van der Waals surface area contributed by atoms with Gasteiger partial charge in [0.1, 0.15) is 0 Å². The third-order valence-electron chi connectivity index (χ3n) is 8.63. The molecule has 8 heteroatoms. The maximum atomic E-state index is 13.7. The highest BCUT2D eigenvalue weighted by Gasteiger charge is 2.42. The first-order valence-electron chi connectivity index (χ1n) is 13.8. The number of hydrogen-bond donors (Lipinski definition) is 1. The molecule has 1 saturated carbocycles. The summed E-state index contributed by atoms with van der Waals surface area (Å²) in [6, 6.07) is 11.6. The Morgan fingerprint density at radius 3 is 2.24 bits per heavy atom. The molecular weight excluding hydrogens is 519 g/mol. The van der Waals surface area contributed by atoms with E-state index in [1.165, 1.54) is 12.8 Å².